The Morgan fingerprint density at radius 1 is 1.26 bits per heavy atom. The van der Waals surface area contributed by atoms with Crippen LogP contribution in [0.1, 0.15) is 56.2 Å². The molecule has 0 bridgehead atoms. The Morgan fingerprint density at radius 2 is 2.00 bits per heavy atom. The van der Waals surface area contributed by atoms with E-state index in [2.05, 4.69) is 44.3 Å². The van der Waals surface area contributed by atoms with Gasteiger partial charge < -0.3 is 5.32 Å². The van der Waals surface area contributed by atoms with Crippen molar-refractivity contribution < 1.29 is 0 Å². The molecule has 0 heterocycles. The van der Waals surface area contributed by atoms with E-state index in [1.54, 1.807) is 0 Å². The van der Waals surface area contributed by atoms with E-state index < -0.39 is 0 Å². The molecule has 1 unspecified atom stereocenters. The van der Waals surface area contributed by atoms with E-state index in [1.165, 1.54) is 31.2 Å². The van der Waals surface area contributed by atoms with Gasteiger partial charge in [-0.25, -0.2) is 0 Å². The molecular formula is C17H26N2. The second kappa shape index (κ2) is 7.84. The Hall–Kier alpha value is -1.49. The molecule has 2 nitrogen and oxygen atoms in total. The van der Waals surface area contributed by atoms with Crippen LogP contribution in [0.2, 0.25) is 0 Å². The van der Waals surface area contributed by atoms with Gasteiger partial charge in [0.05, 0.1) is 11.3 Å². The van der Waals surface area contributed by atoms with Gasteiger partial charge in [-0.3, -0.25) is 0 Å². The number of nitrogens with one attached hydrogen (secondary N) is 1. The number of nitriles is 1. The van der Waals surface area contributed by atoms with Gasteiger partial charge in [-0.05, 0) is 43.4 Å². The first kappa shape index (κ1) is 15.6. The fourth-order valence-electron chi connectivity index (χ4n) is 2.45. The number of benzene rings is 1. The molecule has 0 fully saturated rings. The highest BCUT2D eigenvalue weighted by atomic mass is 14.9. The van der Waals surface area contributed by atoms with Gasteiger partial charge in [0.15, 0.2) is 0 Å². The predicted octanol–water partition coefficient (Wildman–Crippen LogP) is 4.80. The summed E-state index contributed by atoms with van der Waals surface area (Å²) in [6.45, 7) is 9.53. The van der Waals surface area contributed by atoms with Crippen LogP contribution >= 0.6 is 0 Å². The van der Waals surface area contributed by atoms with E-state index in [0.717, 1.165) is 23.4 Å². The normalized spacial score (nSPS) is 11.9. The Balaban J connectivity index is 2.74. The third kappa shape index (κ3) is 4.59. The molecule has 1 rings (SSSR count). The number of nitrogens with zero attached hydrogens (tertiary/aromatic N) is 1. The van der Waals surface area contributed by atoms with Crippen molar-refractivity contribution >= 4 is 5.69 Å². The van der Waals surface area contributed by atoms with E-state index in [-0.39, 0.29) is 0 Å². The van der Waals surface area contributed by atoms with Crippen molar-refractivity contribution in [3.05, 3.63) is 28.8 Å². The Morgan fingerprint density at radius 3 is 2.58 bits per heavy atom. The molecule has 104 valence electrons. The van der Waals surface area contributed by atoms with Gasteiger partial charge in [0.1, 0.15) is 6.07 Å². The van der Waals surface area contributed by atoms with E-state index in [1.807, 2.05) is 6.92 Å². The molecule has 0 radical (unpaired) electrons. The average Bonchev–Trinajstić information content (AvgIpc) is 2.38. The topological polar surface area (TPSA) is 35.8 Å². The summed E-state index contributed by atoms with van der Waals surface area (Å²) < 4.78 is 0. The Labute approximate surface area is 117 Å². The van der Waals surface area contributed by atoms with Crippen molar-refractivity contribution in [1.82, 2.24) is 0 Å². The van der Waals surface area contributed by atoms with Crippen LogP contribution in [-0.4, -0.2) is 6.54 Å². The highest BCUT2D eigenvalue weighted by Crippen LogP contribution is 2.22. The van der Waals surface area contributed by atoms with Crippen LogP contribution < -0.4 is 5.32 Å². The quantitative estimate of drug-likeness (QED) is 0.762. The monoisotopic (exact) mass is 258 g/mol. The minimum Gasteiger partial charge on any atom is -0.384 e. The molecule has 0 aromatic heterocycles. The number of unbranched alkanes of at least 4 members (excludes halogenated alkanes) is 1. The van der Waals surface area contributed by atoms with Gasteiger partial charge in [0.25, 0.3) is 0 Å². The Kier molecular flexibility index (Phi) is 6.42. The first-order chi connectivity index (χ1) is 9.12. The Bertz CT molecular complexity index is 443. The molecule has 0 spiro atoms. The SMILES string of the molecule is CCCCC(CC)CNc1cc(C)cc(C)c1C#N. The summed E-state index contributed by atoms with van der Waals surface area (Å²) in [5.41, 5.74) is 4.05. The van der Waals surface area contributed by atoms with Crippen molar-refractivity contribution in [2.75, 3.05) is 11.9 Å². The molecular weight excluding hydrogens is 232 g/mol. The van der Waals surface area contributed by atoms with Gasteiger partial charge in [0.2, 0.25) is 0 Å². The lowest BCUT2D eigenvalue weighted by Gasteiger charge is -2.18. The lowest BCUT2D eigenvalue weighted by Crippen LogP contribution is -2.14. The van der Waals surface area contributed by atoms with E-state index in [0.29, 0.717) is 5.92 Å². The van der Waals surface area contributed by atoms with Gasteiger partial charge in [-0.2, -0.15) is 5.26 Å². The van der Waals surface area contributed by atoms with E-state index >= 15 is 0 Å². The fourth-order valence-corrected chi connectivity index (χ4v) is 2.45. The van der Waals surface area contributed by atoms with Crippen molar-refractivity contribution in [2.45, 2.75) is 53.4 Å². The molecule has 0 aliphatic rings. The van der Waals surface area contributed by atoms with Crippen LogP contribution in [-0.2, 0) is 0 Å². The molecule has 0 saturated heterocycles. The van der Waals surface area contributed by atoms with Crippen molar-refractivity contribution in [1.29, 1.82) is 5.26 Å². The van der Waals surface area contributed by atoms with Crippen molar-refractivity contribution in [3.63, 3.8) is 0 Å². The third-order valence-electron chi connectivity index (χ3n) is 3.72. The van der Waals surface area contributed by atoms with Crippen molar-refractivity contribution in [3.8, 4) is 6.07 Å². The predicted molar refractivity (Wildman–Crippen MR) is 82.4 cm³/mol. The lowest BCUT2D eigenvalue weighted by molar-refractivity contribution is 0.473. The number of hydrogen-bond acceptors (Lipinski definition) is 2. The number of anilines is 1. The summed E-state index contributed by atoms with van der Waals surface area (Å²) in [6, 6.07) is 6.46. The van der Waals surface area contributed by atoms with Gasteiger partial charge in [-0.15, -0.1) is 0 Å². The summed E-state index contributed by atoms with van der Waals surface area (Å²) in [5.74, 6) is 0.701. The first-order valence-corrected chi connectivity index (χ1v) is 7.37. The summed E-state index contributed by atoms with van der Waals surface area (Å²) in [4.78, 5) is 0. The number of hydrogen-bond donors (Lipinski definition) is 1. The van der Waals surface area contributed by atoms with Crippen LogP contribution in [0.4, 0.5) is 5.69 Å². The van der Waals surface area contributed by atoms with Crippen LogP contribution in [0.25, 0.3) is 0 Å². The van der Waals surface area contributed by atoms with Gasteiger partial charge in [0, 0.05) is 6.54 Å². The summed E-state index contributed by atoms with van der Waals surface area (Å²) in [7, 11) is 0. The zero-order valence-corrected chi connectivity index (χ0v) is 12.7. The molecule has 1 aromatic carbocycles. The highest BCUT2D eigenvalue weighted by molar-refractivity contribution is 5.62. The molecule has 0 amide bonds. The minimum atomic E-state index is 0.701. The molecule has 1 N–H and O–H groups in total. The highest BCUT2D eigenvalue weighted by Gasteiger charge is 2.09. The standard InChI is InChI=1S/C17H26N2/c1-5-7-8-15(6-2)12-19-17-10-13(3)9-14(4)16(17)11-18/h9-10,15,19H,5-8,12H2,1-4H3. The maximum atomic E-state index is 9.26. The second-order valence-electron chi connectivity index (χ2n) is 5.41. The largest absolute Gasteiger partial charge is 0.384 e. The molecule has 1 atom stereocenters. The van der Waals surface area contributed by atoms with Crippen LogP contribution in [0.3, 0.4) is 0 Å². The zero-order valence-electron chi connectivity index (χ0n) is 12.7. The van der Waals surface area contributed by atoms with Crippen LogP contribution in [0, 0.1) is 31.1 Å². The molecule has 1 aromatic rings. The summed E-state index contributed by atoms with van der Waals surface area (Å²) in [5, 5.41) is 12.7. The lowest BCUT2D eigenvalue weighted by atomic mass is 9.98. The molecule has 0 saturated carbocycles. The van der Waals surface area contributed by atoms with Crippen LogP contribution in [0.15, 0.2) is 12.1 Å². The minimum absolute atomic E-state index is 0.701. The van der Waals surface area contributed by atoms with Crippen LogP contribution in [0.5, 0.6) is 0 Å². The zero-order chi connectivity index (χ0) is 14.3. The number of aryl methyl sites for hydroxylation is 2. The summed E-state index contributed by atoms with van der Waals surface area (Å²) >= 11 is 0. The molecule has 0 aliphatic carbocycles. The average molecular weight is 258 g/mol. The van der Waals surface area contributed by atoms with Gasteiger partial charge in [-0.1, -0.05) is 39.2 Å². The smallest absolute Gasteiger partial charge is 0.102 e. The molecule has 0 aliphatic heterocycles. The summed E-state index contributed by atoms with van der Waals surface area (Å²) in [6.07, 6.45) is 5.01. The van der Waals surface area contributed by atoms with E-state index in [9.17, 15) is 5.26 Å². The molecule has 2 heteroatoms. The maximum absolute atomic E-state index is 9.26. The second-order valence-corrected chi connectivity index (χ2v) is 5.41. The molecule has 19 heavy (non-hydrogen) atoms. The number of rotatable bonds is 7. The van der Waals surface area contributed by atoms with Gasteiger partial charge >= 0.3 is 0 Å². The first-order valence-electron chi connectivity index (χ1n) is 7.37. The maximum Gasteiger partial charge on any atom is 0.102 e. The van der Waals surface area contributed by atoms with Crippen molar-refractivity contribution in [2.24, 2.45) is 5.92 Å². The van der Waals surface area contributed by atoms with E-state index in [4.69, 9.17) is 0 Å². The fraction of sp³-hybridized carbons (Fsp3) is 0.588. The third-order valence-corrected chi connectivity index (χ3v) is 3.72.